The summed E-state index contributed by atoms with van der Waals surface area (Å²) in [6, 6.07) is 7.53. The Morgan fingerprint density at radius 2 is 2.04 bits per heavy atom. The van der Waals surface area contributed by atoms with Crippen LogP contribution in [0.4, 0.5) is 0 Å². The largest absolute Gasteiger partial charge is 0.411 e. The van der Waals surface area contributed by atoms with Gasteiger partial charge in [0.25, 0.3) is 10.8 Å². The van der Waals surface area contributed by atoms with E-state index in [0.717, 1.165) is 17.0 Å². The molecule has 0 aliphatic heterocycles. The number of nitrogens with zero attached hydrogens (tertiary/aromatic N) is 5. The monoisotopic (exact) mass is 399 g/mol. The molecule has 3 heterocycles. The van der Waals surface area contributed by atoms with E-state index in [0.29, 0.717) is 27.5 Å². The zero-order valence-electron chi connectivity index (χ0n) is 15.1. The molecule has 0 N–H and O–H groups in total. The highest BCUT2D eigenvalue weighted by atomic mass is 32.2. The molecule has 0 radical (unpaired) electrons. The predicted molar refractivity (Wildman–Crippen MR) is 105 cm³/mol. The fourth-order valence-corrected chi connectivity index (χ4v) is 4.02. The molecule has 1 aromatic carbocycles. The molecular formula is C18H17N5O2S2. The molecule has 4 rings (SSSR count). The van der Waals surface area contributed by atoms with Crippen LogP contribution in [-0.2, 0) is 12.2 Å². The van der Waals surface area contributed by atoms with Crippen LogP contribution in [0.5, 0.6) is 0 Å². The molecule has 27 heavy (non-hydrogen) atoms. The zero-order chi connectivity index (χ0) is 19.0. The molecule has 0 aliphatic carbocycles. The average molecular weight is 400 g/mol. The van der Waals surface area contributed by atoms with E-state index in [4.69, 9.17) is 4.42 Å². The average Bonchev–Trinajstić information content (AvgIpc) is 3.29. The molecule has 0 fully saturated rings. The van der Waals surface area contributed by atoms with E-state index in [-0.39, 0.29) is 5.56 Å². The molecule has 0 bridgehead atoms. The van der Waals surface area contributed by atoms with Crippen LogP contribution in [0.15, 0.2) is 38.7 Å². The van der Waals surface area contributed by atoms with Crippen LogP contribution in [0.25, 0.3) is 16.4 Å². The number of hydrogen-bond donors (Lipinski definition) is 0. The topological polar surface area (TPSA) is 86.2 Å². The van der Waals surface area contributed by atoms with Crippen LogP contribution < -0.4 is 5.56 Å². The van der Waals surface area contributed by atoms with E-state index in [2.05, 4.69) is 34.1 Å². The summed E-state index contributed by atoms with van der Waals surface area (Å²) in [6.07, 6.45) is 0.779. The summed E-state index contributed by atoms with van der Waals surface area (Å²) in [4.78, 5) is 17.3. The summed E-state index contributed by atoms with van der Waals surface area (Å²) >= 11 is 2.79. The first kappa shape index (κ1) is 17.9. The highest BCUT2D eigenvalue weighted by Gasteiger charge is 2.12. The van der Waals surface area contributed by atoms with Gasteiger partial charge in [0.05, 0.1) is 5.69 Å². The smallest absolute Gasteiger partial charge is 0.277 e. The van der Waals surface area contributed by atoms with E-state index in [9.17, 15) is 4.79 Å². The van der Waals surface area contributed by atoms with E-state index in [1.165, 1.54) is 44.8 Å². The molecule has 0 aliphatic rings. The van der Waals surface area contributed by atoms with E-state index in [1.54, 1.807) is 0 Å². The summed E-state index contributed by atoms with van der Waals surface area (Å²) in [5.74, 6) is 0.957. The van der Waals surface area contributed by atoms with Crippen LogP contribution in [0, 0.1) is 13.8 Å². The molecule has 4 aromatic rings. The first-order valence-electron chi connectivity index (χ1n) is 8.46. The lowest BCUT2D eigenvalue weighted by atomic mass is 10.1. The van der Waals surface area contributed by atoms with Crippen molar-refractivity contribution in [3.05, 3.63) is 56.4 Å². The van der Waals surface area contributed by atoms with Gasteiger partial charge >= 0.3 is 0 Å². The van der Waals surface area contributed by atoms with E-state index in [1.807, 2.05) is 25.1 Å². The Labute approximate surface area is 163 Å². The Bertz CT molecular complexity index is 1180. The van der Waals surface area contributed by atoms with Crippen molar-refractivity contribution in [1.82, 2.24) is 24.8 Å². The number of aromatic nitrogens is 5. The minimum atomic E-state index is -0.173. The van der Waals surface area contributed by atoms with Crippen molar-refractivity contribution in [3.8, 4) is 11.5 Å². The number of benzene rings is 1. The van der Waals surface area contributed by atoms with E-state index < -0.39 is 0 Å². The Morgan fingerprint density at radius 1 is 1.19 bits per heavy atom. The summed E-state index contributed by atoms with van der Waals surface area (Å²) < 4.78 is 7.09. The number of hydrogen-bond acceptors (Lipinski definition) is 8. The lowest BCUT2D eigenvalue weighted by molar-refractivity contribution is 0.465. The molecule has 3 aromatic heterocycles. The van der Waals surface area contributed by atoms with Crippen molar-refractivity contribution in [2.75, 3.05) is 0 Å². The highest BCUT2D eigenvalue weighted by Crippen LogP contribution is 2.26. The Hall–Kier alpha value is -2.52. The van der Waals surface area contributed by atoms with Crippen molar-refractivity contribution in [2.45, 2.75) is 38.2 Å². The van der Waals surface area contributed by atoms with Gasteiger partial charge in [0, 0.05) is 17.4 Å². The van der Waals surface area contributed by atoms with Gasteiger partial charge in [-0.05, 0) is 43.5 Å². The molecule has 9 heteroatoms. The fourth-order valence-electron chi connectivity index (χ4n) is 2.51. The van der Waals surface area contributed by atoms with Crippen molar-refractivity contribution >= 4 is 28.1 Å². The Balaban J connectivity index is 1.52. The van der Waals surface area contributed by atoms with Gasteiger partial charge in [-0.2, -0.15) is 9.61 Å². The van der Waals surface area contributed by atoms with Gasteiger partial charge in [-0.1, -0.05) is 36.1 Å². The molecule has 0 unspecified atom stereocenters. The van der Waals surface area contributed by atoms with Gasteiger partial charge in [-0.25, -0.2) is 4.98 Å². The molecule has 0 amide bonds. The summed E-state index contributed by atoms with van der Waals surface area (Å²) in [6.45, 7) is 6.12. The van der Waals surface area contributed by atoms with Crippen molar-refractivity contribution in [3.63, 3.8) is 0 Å². The van der Waals surface area contributed by atoms with Crippen LogP contribution in [0.2, 0.25) is 0 Å². The minimum Gasteiger partial charge on any atom is -0.411 e. The second-order valence-electron chi connectivity index (χ2n) is 6.09. The highest BCUT2D eigenvalue weighted by molar-refractivity contribution is 7.98. The maximum atomic E-state index is 12.2. The summed E-state index contributed by atoms with van der Waals surface area (Å²) in [5.41, 5.74) is 3.78. The molecule has 138 valence electrons. The van der Waals surface area contributed by atoms with E-state index >= 15 is 0 Å². The third-order valence-electron chi connectivity index (χ3n) is 4.15. The van der Waals surface area contributed by atoms with Crippen molar-refractivity contribution in [2.24, 2.45) is 0 Å². The maximum absolute atomic E-state index is 12.2. The molecule has 7 nitrogen and oxygen atoms in total. The van der Waals surface area contributed by atoms with Gasteiger partial charge in [0.2, 0.25) is 10.9 Å². The standard InChI is InChI=1S/C18H17N5O2S2/c1-4-14-22-23-15(24)8-13(19-17(23)27-14)9-26-18-21-20-16(25-18)12-6-5-10(2)11(3)7-12/h5-8H,4,9H2,1-3H3. The summed E-state index contributed by atoms with van der Waals surface area (Å²) in [7, 11) is 0. The Morgan fingerprint density at radius 3 is 2.81 bits per heavy atom. The molecule has 0 saturated heterocycles. The van der Waals surface area contributed by atoms with Crippen LogP contribution >= 0.6 is 23.1 Å². The lowest BCUT2D eigenvalue weighted by Crippen LogP contribution is -2.15. The van der Waals surface area contributed by atoms with Crippen LogP contribution in [-0.4, -0.2) is 24.8 Å². The number of aryl methyl sites for hydroxylation is 3. The van der Waals surface area contributed by atoms with Gasteiger partial charge < -0.3 is 4.42 Å². The van der Waals surface area contributed by atoms with Gasteiger partial charge in [0.1, 0.15) is 5.01 Å². The SMILES string of the molecule is CCc1nn2c(=O)cc(CSc3nnc(-c4ccc(C)c(C)c4)o3)nc2s1. The Kier molecular flexibility index (Phi) is 4.79. The number of fused-ring (bicyclic) bond motifs is 1. The number of thioether (sulfide) groups is 1. The molecule has 0 saturated carbocycles. The fraction of sp³-hybridized carbons (Fsp3) is 0.278. The molecule has 0 spiro atoms. The van der Waals surface area contributed by atoms with Crippen LogP contribution in [0.1, 0.15) is 28.8 Å². The molecular weight excluding hydrogens is 382 g/mol. The zero-order valence-corrected chi connectivity index (χ0v) is 16.7. The second-order valence-corrected chi connectivity index (χ2v) is 8.06. The van der Waals surface area contributed by atoms with Gasteiger partial charge in [-0.3, -0.25) is 4.79 Å². The van der Waals surface area contributed by atoms with Gasteiger partial charge in [-0.15, -0.1) is 10.2 Å². The second kappa shape index (κ2) is 7.24. The van der Waals surface area contributed by atoms with Crippen LogP contribution in [0.3, 0.4) is 0 Å². The lowest BCUT2D eigenvalue weighted by Gasteiger charge is -2.01. The maximum Gasteiger partial charge on any atom is 0.277 e. The van der Waals surface area contributed by atoms with Crippen molar-refractivity contribution in [1.29, 1.82) is 0 Å². The summed E-state index contributed by atoms with van der Waals surface area (Å²) in [5, 5.41) is 13.8. The third-order valence-corrected chi connectivity index (χ3v) is 6.05. The minimum absolute atomic E-state index is 0.173. The quantitative estimate of drug-likeness (QED) is 0.473. The first-order valence-corrected chi connectivity index (χ1v) is 10.3. The van der Waals surface area contributed by atoms with Gasteiger partial charge in [0.15, 0.2) is 0 Å². The van der Waals surface area contributed by atoms with Crippen molar-refractivity contribution < 1.29 is 4.42 Å². The number of rotatable bonds is 5. The third kappa shape index (κ3) is 3.65. The molecule has 0 atom stereocenters. The normalized spacial score (nSPS) is 11.4. The first-order chi connectivity index (χ1) is 13.0. The predicted octanol–water partition coefficient (Wildman–Crippen LogP) is 3.67.